The Morgan fingerprint density at radius 3 is 2.64 bits per heavy atom. The molecule has 0 aliphatic rings. The quantitative estimate of drug-likeness (QED) is 0.851. The molecule has 0 bridgehead atoms. The molecule has 2 aromatic rings. The van der Waals surface area contributed by atoms with Gasteiger partial charge in [-0.1, -0.05) is 31.2 Å². The maximum atomic E-state index is 12.4. The molecule has 4 heteroatoms. The van der Waals surface area contributed by atoms with Gasteiger partial charge in [0.25, 0.3) is 5.91 Å². The highest BCUT2D eigenvalue weighted by Crippen LogP contribution is 2.18. The summed E-state index contributed by atoms with van der Waals surface area (Å²) in [5, 5.41) is 0. The van der Waals surface area contributed by atoms with Gasteiger partial charge in [0.2, 0.25) is 0 Å². The van der Waals surface area contributed by atoms with E-state index in [1.165, 1.54) is 4.57 Å². The van der Waals surface area contributed by atoms with Crippen LogP contribution in [0.25, 0.3) is 0 Å². The van der Waals surface area contributed by atoms with Crippen molar-refractivity contribution in [3.8, 4) is 5.75 Å². The summed E-state index contributed by atoms with van der Waals surface area (Å²) in [6.07, 6.45) is 2.59. The Bertz CT molecular complexity index is 702. The molecule has 0 saturated carbocycles. The molecule has 0 aliphatic heterocycles. The van der Waals surface area contributed by atoms with Crippen LogP contribution < -0.4 is 10.2 Å². The molecule has 0 N–H and O–H groups in total. The van der Waals surface area contributed by atoms with E-state index >= 15 is 0 Å². The molecule has 2 rings (SSSR count). The zero-order valence-corrected chi connectivity index (χ0v) is 13.3. The average molecular weight is 298 g/mol. The SMILES string of the molecule is CCc1ccccc1OCC(=O)n1ccccc1=NC(C)C. The third-order valence-electron chi connectivity index (χ3n) is 3.20. The Hall–Kier alpha value is -2.36. The summed E-state index contributed by atoms with van der Waals surface area (Å²) in [6, 6.07) is 13.4. The second-order valence-electron chi connectivity index (χ2n) is 5.30. The van der Waals surface area contributed by atoms with E-state index in [2.05, 4.69) is 11.9 Å². The lowest BCUT2D eigenvalue weighted by Crippen LogP contribution is -2.31. The van der Waals surface area contributed by atoms with Crippen LogP contribution in [0.15, 0.2) is 53.7 Å². The molecule has 116 valence electrons. The normalized spacial score (nSPS) is 11.7. The van der Waals surface area contributed by atoms with Crippen molar-refractivity contribution in [3.05, 3.63) is 59.7 Å². The van der Waals surface area contributed by atoms with Crippen molar-refractivity contribution < 1.29 is 9.53 Å². The predicted molar refractivity (Wildman–Crippen MR) is 87.1 cm³/mol. The van der Waals surface area contributed by atoms with Gasteiger partial charge in [0.15, 0.2) is 6.61 Å². The molecular formula is C18H22N2O2. The molecule has 0 unspecified atom stereocenters. The summed E-state index contributed by atoms with van der Waals surface area (Å²) in [5.74, 6) is 0.628. The predicted octanol–water partition coefficient (Wildman–Crippen LogP) is 3.08. The smallest absolute Gasteiger partial charge is 0.270 e. The number of pyridine rings is 1. The fourth-order valence-corrected chi connectivity index (χ4v) is 2.16. The first-order chi connectivity index (χ1) is 10.6. The van der Waals surface area contributed by atoms with Gasteiger partial charge in [-0.25, -0.2) is 0 Å². The number of ether oxygens (including phenoxy) is 1. The van der Waals surface area contributed by atoms with Crippen LogP contribution in [0.3, 0.4) is 0 Å². The van der Waals surface area contributed by atoms with Gasteiger partial charge in [-0.3, -0.25) is 14.4 Å². The number of carbonyl (C=O) groups is 1. The van der Waals surface area contributed by atoms with Crippen LogP contribution >= 0.6 is 0 Å². The van der Waals surface area contributed by atoms with Crippen molar-refractivity contribution in [1.29, 1.82) is 0 Å². The van der Waals surface area contributed by atoms with E-state index in [-0.39, 0.29) is 18.6 Å². The van der Waals surface area contributed by atoms with Crippen LogP contribution in [-0.2, 0) is 6.42 Å². The zero-order valence-electron chi connectivity index (χ0n) is 13.3. The van der Waals surface area contributed by atoms with E-state index in [0.717, 1.165) is 17.7 Å². The van der Waals surface area contributed by atoms with Crippen LogP contribution in [0.5, 0.6) is 5.75 Å². The number of aryl methyl sites for hydroxylation is 1. The fourth-order valence-electron chi connectivity index (χ4n) is 2.16. The molecule has 0 saturated heterocycles. The number of rotatable bonds is 5. The number of benzene rings is 1. The van der Waals surface area contributed by atoms with Crippen molar-refractivity contribution in [1.82, 2.24) is 4.57 Å². The molecule has 0 aliphatic carbocycles. The van der Waals surface area contributed by atoms with Gasteiger partial charge < -0.3 is 4.74 Å². The fraction of sp³-hybridized carbons (Fsp3) is 0.333. The van der Waals surface area contributed by atoms with Gasteiger partial charge in [0, 0.05) is 12.2 Å². The molecule has 0 amide bonds. The maximum absolute atomic E-state index is 12.4. The molecule has 0 fully saturated rings. The maximum Gasteiger partial charge on any atom is 0.270 e. The monoisotopic (exact) mass is 298 g/mol. The lowest BCUT2D eigenvalue weighted by Gasteiger charge is -2.11. The summed E-state index contributed by atoms with van der Waals surface area (Å²) >= 11 is 0. The molecule has 1 aromatic carbocycles. The van der Waals surface area contributed by atoms with E-state index in [0.29, 0.717) is 5.49 Å². The van der Waals surface area contributed by atoms with E-state index in [9.17, 15) is 4.79 Å². The number of hydrogen-bond donors (Lipinski definition) is 0. The molecule has 1 heterocycles. The molecule has 22 heavy (non-hydrogen) atoms. The Kier molecular flexibility index (Phi) is 5.53. The molecule has 4 nitrogen and oxygen atoms in total. The number of hydrogen-bond acceptors (Lipinski definition) is 3. The number of nitrogens with zero attached hydrogens (tertiary/aromatic N) is 2. The van der Waals surface area contributed by atoms with Crippen molar-refractivity contribution in [2.24, 2.45) is 4.99 Å². The van der Waals surface area contributed by atoms with Crippen LogP contribution in [0, 0.1) is 0 Å². The third kappa shape index (κ3) is 4.07. The minimum absolute atomic E-state index is 0.00763. The highest BCUT2D eigenvalue weighted by molar-refractivity contribution is 5.80. The minimum Gasteiger partial charge on any atom is -0.483 e. The molecule has 0 spiro atoms. The average Bonchev–Trinajstić information content (AvgIpc) is 2.52. The molecule has 0 atom stereocenters. The van der Waals surface area contributed by atoms with E-state index in [4.69, 9.17) is 4.74 Å². The highest BCUT2D eigenvalue weighted by Gasteiger charge is 2.08. The molecular weight excluding hydrogens is 276 g/mol. The second kappa shape index (κ2) is 7.59. The molecule has 1 aromatic heterocycles. The van der Waals surface area contributed by atoms with E-state index in [1.807, 2.05) is 56.3 Å². The van der Waals surface area contributed by atoms with Crippen LogP contribution in [0.1, 0.15) is 31.1 Å². The topological polar surface area (TPSA) is 43.6 Å². The van der Waals surface area contributed by atoms with Gasteiger partial charge in [0.1, 0.15) is 11.2 Å². The Balaban J connectivity index is 2.17. The first-order valence-corrected chi connectivity index (χ1v) is 7.57. The van der Waals surface area contributed by atoms with Crippen molar-refractivity contribution in [3.63, 3.8) is 0 Å². The summed E-state index contributed by atoms with van der Waals surface area (Å²) in [7, 11) is 0. The number of aromatic nitrogens is 1. The van der Waals surface area contributed by atoms with Crippen molar-refractivity contribution in [2.75, 3.05) is 6.61 Å². The van der Waals surface area contributed by atoms with Crippen molar-refractivity contribution in [2.45, 2.75) is 33.2 Å². The van der Waals surface area contributed by atoms with Crippen LogP contribution in [0.4, 0.5) is 0 Å². The summed E-state index contributed by atoms with van der Waals surface area (Å²) in [5.41, 5.74) is 1.75. The van der Waals surface area contributed by atoms with Gasteiger partial charge >= 0.3 is 0 Å². The van der Waals surface area contributed by atoms with Crippen LogP contribution in [-0.4, -0.2) is 23.1 Å². The summed E-state index contributed by atoms with van der Waals surface area (Å²) < 4.78 is 7.23. The van der Waals surface area contributed by atoms with Crippen LogP contribution in [0.2, 0.25) is 0 Å². The lowest BCUT2D eigenvalue weighted by molar-refractivity contribution is 0.0831. The zero-order chi connectivity index (χ0) is 15.9. The van der Waals surface area contributed by atoms with Gasteiger partial charge in [-0.15, -0.1) is 0 Å². The first kappa shape index (κ1) is 16.0. The van der Waals surface area contributed by atoms with Crippen molar-refractivity contribution >= 4 is 5.91 Å². The second-order valence-corrected chi connectivity index (χ2v) is 5.30. The van der Waals surface area contributed by atoms with E-state index < -0.39 is 0 Å². The Morgan fingerprint density at radius 2 is 1.91 bits per heavy atom. The van der Waals surface area contributed by atoms with E-state index in [1.54, 1.807) is 6.20 Å². The van der Waals surface area contributed by atoms with Gasteiger partial charge in [-0.05, 0) is 44.0 Å². The standard InChI is InChI=1S/C18H22N2O2/c1-4-15-9-5-6-10-16(15)22-13-18(21)20-12-8-7-11-17(20)19-14(2)3/h5-12,14H,4,13H2,1-3H3. The molecule has 0 radical (unpaired) electrons. The van der Waals surface area contributed by atoms with Gasteiger partial charge in [0.05, 0.1) is 0 Å². The number of carbonyl (C=O) groups excluding carboxylic acids is 1. The van der Waals surface area contributed by atoms with Gasteiger partial charge in [-0.2, -0.15) is 0 Å². The Morgan fingerprint density at radius 1 is 1.18 bits per heavy atom. The third-order valence-corrected chi connectivity index (χ3v) is 3.20. The number of para-hydroxylation sites is 1. The first-order valence-electron chi connectivity index (χ1n) is 7.57. The largest absolute Gasteiger partial charge is 0.483 e. The summed E-state index contributed by atoms with van der Waals surface area (Å²) in [4.78, 5) is 16.9. The summed E-state index contributed by atoms with van der Waals surface area (Å²) in [6.45, 7) is 6.02. The Labute approximate surface area is 131 Å². The lowest BCUT2D eigenvalue weighted by atomic mass is 10.1. The highest BCUT2D eigenvalue weighted by atomic mass is 16.5. The minimum atomic E-state index is -0.133.